The molecule has 27 heavy (non-hydrogen) atoms. The summed E-state index contributed by atoms with van der Waals surface area (Å²) >= 11 is 0. The number of carbonyl (C=O) groups is 2. The number of aromatic nitrogens is 2. The van der Waals surface area contributed by atoms with Crippen molar-refractivity contribution in [3.8, 4) is 11.4 Å². The predicted octanol–water partition coefficient (Wildman–Crippen LogP) is 3.20. The van der Waals surface area contributed by atoms with E-state index >= 15 is 0 Å². The van der Waals surface area contributed by atoms with Crippen LogP contribution in [-0.2, 0) is 4.74 Å². The van der Waals surface area contributed by atoms with Crippen molar-refractivity contribution in [2.24, 2.45) is 5.73 Å². The molecule has 1 amide bonds. The Morgan fingerprint density at radius 2 is 1.81 bits per heavy atom. The molecule has 7 nitrogen and oxygen atoms in total. The Balaban J connectivity index is 1.71. The molecule has 8 heteroatoms. The second-order valence-corrected chi connectivity index (χ2v) is 5.91. The first-order valence-electron chi connectivity index (χ1n) is 8.06. The standard InChI is InChI=1S/C19H16FN3O4/c1-10-3-4-14(9-15(10)20)17-22-18(27-23-17)11(2)26-19(25)13-7-5-12(6-8-13)16(21)24/h3-9,11H,1-2H3,(H2,21,24)/t11-/m0/s1. The summed E-state index contributed by atoms with van der Waals surface area (Å²) in [4.78, 5) is 27.4. The first-order chi connectivity index (χ1) is 12.8. The normalized spacial score (nSPS) is 11.8. The molecule has 0 saturated heterocycles. The second kappa shape index (κ2) is 7.36. The van der Waals surface area contributed by atoms with Crippen molar-refractivity contribution in [2.75, 3.05) is 0 Å². The van der Waals surface area contributed by atoms with Gasteiger partial charge in [-0.05, 0) is 49.7 Å². The lowest BCUT2D eigenvalue weighted by Gasteiger charge is -2.09. The number of aryl methyl sites for hydroxylation is 1. The molecule has 138 valence electrons. The average Bonchev–Trinajstić information content (AvgIpc) is 3.14. The minimum Gasteiger partial charge on any atom is -0.449 e. The van der Waals surface area contributed by atoms with Crippen LogP contribution in [0.1, 0.15) is 45.2 Å². The summed E-state index contributed by atoms with van der Waals surface area (Å²) in [7, 11) is 0. The van der Waals surface area contributed by atoms with Gasteiger partial charge in [0.25, 0.3) is 5.89 Å². The van der Waals surface area contributed by atoms with Crippen LogP contribution in [0, 0.1) is 12.7 Å². The van der Waals surface area contributed by atoms with Crippen LogP contribution in [0.25, 0.3) is 11.4 Å². The van der Waals surface area contributed by atoms with E-state index in [1.807, 2.05) is 0 Å². The molecule has 1 heterocycles. The molecular weight excluding hydrogens is 353 g/mol. The molecule has 0 unspecified atom stereocenters. The zero-order valence-corrected chi connectivity index (χ0v) is 14.6. The van der Waals surface area contributed by atoms with Crippen LogP contribution in [0.5, 0.6) is 0 Å². The quantitative estimate of drug-likeness (QED) is 0.692. The first kappa shape index (κ1) is 18.2. The van der Waals surface area contributed by atoms with Gasteiger partial charge in [0.1, 0.15) is 5.82 Å². The topological polar surface area (TPSA) is 108 Å². The minimum absolute atomic E-state index is 0.0769. The van der Waals surface area contributed by atoms with Crippen molar-refractivity contribution in [1.82, 2.24) is 10.1 Å². The Kier molecular flexibility index (Phi) is 4.98. The smallest absolute Gasteiger partial charge is 0.338 e. The van der Waals surface area contributed by atoms with Crippen LogP contribution in [0.15, 0.2) is 47.0 Å². The SMILES string of the molecule is Cc1ccc(-c2noc([C@H](C)OC(=O)c3ccc(C(N)=O)cc3)n2)cc1F. The van der Waals surface area contributed by atoms with Crippen molar-refractivity contribution in [3.05, 3.63) is 70.9 Å². The minimum atomic E-state index is -0.815. The van der Waals surface area contributed by atoms with Crippen LogP contribution >= 0.6 is 0 Å². The lowest BCUT2D eigenvalue weighted by molar-refractivity contribution is 0.0265. The zero-order valence-electron chi connectivity index (χ0n) is 14.6. The maximum atomic E-state index is 13.7. The highest BCUT2D eigenvalue weighted by molar-refractivity contribution is 5.95. The fourth-order valence-electron chi connectivity index (χ4n) is 2.30. The van der Waals surface area contributed by atoms with E-state index in [9.17, 15) is 14.0 Å². The number of hydrogen-bond acceptors (Lipinski definition) is 6. The number of nitrogens with two attached hydrogens (primary N) is 1. The highest BCUT2D eigenvalue weighted by atomic mass is 19.1. The number of rotatable bonds is 5. The molecule has 3 aromatic rings. The molecule has 0 fully saturated rings. The number of carbonyl (C=O) groups excluding carboxylic acids is 2. The van der Waals surface area contributed by atoms with Gasteiger partial charge in [0.15, 0.2) is 6.10 Å². The monoisotopic (exact) mass is 369 g/mol. The summed E-state index contributed by atoms with van der Waals surface area (Å²) in [5.41, 5.74) is 6.64. The average molecular weight is 369 g/mol. The molecule has 2 N–H and O–H groups in total. The summed E-state index contributed by atoms with van der Waals surface area (Å²) in [5.74, 6) is -1.32. The second-order valence-electron chi connectivity index (χ2n) is 5.91. The summed E-state index contributed by atoms with van der Waals surface area (Å²) in [6, 6.07) is 10.3. The summed E-state index contributed by atoms with van der Waals surface area (Å²) in [6.45, 7) is 3.22. The third kappa shape index (κ3) is 4.00. The Hall–Kier alpha value is -3.55. The Morgan fingerprint density at radius 3 is 2.44 bits per heavy atom. The van der Waals surface area contributed by atoms with Gasteiger partial charge in [-0.15, -0.1) is 0 Å². The molecule has 0 aliphatic heterocycles. The number of ether oxygens (including phenoxy) is 1. The molecule has 0 aliphatic carbocycles. The number of esters is 1. The molecule has 0 saturated carbocycles. The third-order valence-corrected chi connectivity index (χ3v) is 3.91. The van der Waals surface area contributed by atoms with Crippen molar-refractivity contribution >= 4 is 11.9 Å². The summed E-state index contributed by atoms with van der Waals surface area (Å²) in [6.07, 6.45) is -0.815. The number of primary amides is 1. The number of nitrogens with zero attached hydrogens (tertiary/aromatic N) is 2. The van der Waals surface area contributed by atoms with Crippen LogP contribution in [0.3, 0.4) is 0 Å². The molecule has 0 radical (unpaired) electrons. The van der Waals surface area contributed by atoms with Gasteiger partial charge in [0.05, 0.1) is 5.56 Å². The van der Waals surface area contributed by atoms with E-state index in [2.05, 4.69) is 10.1 Å². The van der Waals surface area contributed by atoms with E-state index in [0.29, 0.717) is 11.1 Å². The van der Waals surface area contributed by atoms with Gasteiger partial charge in [-0.2, -0.15) is 4.98 Å². The van der Waals surface area contributed by atoms with E-state index in [0.717, 1.165) is 0 Å². The van der Waals surface area contributed by atoms with Crippen molar-refractivity contribution in [2.45, 2.75) is 20.0 Å². The highest BCUT2D eigenvalue weighted by Crippen LogP contribution is 2.23. The molecule has 3 rings (SSSR count). The lowest BCUT2D eigenvalue weighted by Crippen LogP contribution is -2.12. The fourth-order valence-corrected chi connectivity index (χ4v) is 2.30. The Bertz CT molecular complexity index is 998. The number of hydrogen-bond donors (Lipinski definition) is 1. The molecule has 2 aromatic carbocycles. The van der Waals surface area contributed by atoms with Gasteiger partial charge >= 0.3 is 5.97 Å². The first-order valence-corrected chi connectivity index (χ1v) is 8.06. The van der Waals surface area contributed by atoms with Gasteiger partial charge in [0, 0.05) is 11.1 Å². The van der Waals surface area contributed by atoms with Crippen molar-refractivity contribution in [3.63, 3.8) is 0 Å². The largest absolute Gasteiger partial charge is 0.449 e. The van der Waals surface area contributed by atoms with Crippen LogP contribution < -0.4 is 5.73 Å². The molecule has 0 aliphatic rings. The predicted molar refractivity (Wildman–Crippen MR) is 93.2 cm³/mol. The number of benzene rings is 2. The van der Waals surface area contributed by atoms with E-state index in [1.165, 1.54) is 30.3 Å². The molecular formula is C19H16FN3O4. The van der Waals surface area contributed by atoms with Gasteiger partial charge in [0.2, 0.25) is 11.7 Å². The van der Waals surface area contributed by atoms with E-state index in [4.69, 9.17) is 15.0 Å². The fraction of sp³-hybridized carbons (Fsp3) is 0.158. The van der Waals surface area contributed by atoms with Crippen LogP contribution in [-0.4, -0.2) is 22.0 Å². The summed E-state index contributed by atoms with van der Waals surface area (Å²) in [5, 5.41) is 3.79. The van der Waals surface area contributed by atoms with Gasteiger partial charge in [-0.25, -0.2) is 9.18 Å². The Labute approximate surface area is 153 Å². The maximum Gasteiger partial charge on any atom is 0.338 e. The molecule has 0 spiro atoms. The summed E-state index contributed by atoms with van der Waals surface area (Å²) < 4.78 is 24.1. The number of amides is 1. The molecule has 1 aromatic heterocycles. The maximum absolute atomic E-state index is 13.7. The third-order valence-electron chi connectivity index (χ3n) is 3.91. The number of halogens is 1. The van der Waals surface area contributed by atoms with Crippen LogP contribution in [0.2, 0.25) is 0 Å². The van der Waals surface area contributed by atoms with E-state index < -0.39 is 18.0 Å². The van der Waals surface area contributed by atoms with Gasteiger partial charge in [-0.1, -0.05) is 17.3 Å². The highest BCUT2D eigenvalue weighted by Gasteiger charge is 2.20. The van der Waals surface area contributed by atoms with E-state index in [1.54, 1.807) is 26.0 Å². The Morgan fingerprint density at radius 1 is 1.15 bits per heavy atom. The van der Waals surface area contributed by atoms with Gasteiger partial charge < -0.3 is 15.0 Å². The molecule has 0 bridgehead atoms. The van der Waals surface area contributed by atoms with Crippen molar-refractivity contribution < 1.29 is 23.2 Å². The van der Waals surface area contributed by atoms with Gasteiger partial charge in [-0.3, -0.25) is 4.79 Å². The lowest BCUT2D eigenvalue weighted by atomic mass is 10.1. The van der Waals surface area contributed by atoms with Crippen LogP contribution in [0.4, 0.5) is 4.39 Å². The van der Waals surface area contributed by atoms with Crippen molar-refractivity contribution in [1.29, 1.82) is 0 Å². The van der Waals surface area contributed by atoms with E-state index in [-0.39, 0.29) is 28.7 Å². The molecule has 1 atom stereocenters. The zero-order chi connectivity index (χ0) is 19.6.